The number of hydrogen-bond acceptors (Lipinski definition) is 5. The van der Waals surface area contributed by atoms with Gasteiger partial charge < -0.3 is 5.73 Å². The summed E-state index contributed by atoms with van der Waals surface area (Å²) in [5.74, 6) is -0.236. The van der Waals surface area contributed by atoms with E-state index < -0.39 is 19.9 Å². The van der Waals surface area contributed by atoms with Gasteiger partial charge in [0.05, 0.1) is 10.6 Å². The zero-order chi connectivity index (χ0) is 15.4. The molecule has 0 aromatic heterocycles. The van der Waals surface area contributed by atoms with Crippen LogP contribution in [0.3, 0.4) is 0 Å². The molecule has 0 aliphatic carbocycles. The van der Waals surface area contributed by atoms with Crippen LogP contribution in [0.2, 0.25) is 0 Å². The monoisotopic (exact) mass is 320 g/mol. The lowest BCUT2D eigenvalue weighted by Gasteiger charge is -2.11. The van der Waals surface area contributed by atoms with Crippen molar-refractivity contribution in [2.45, 2.75) is 24.3 Å². The summed E-state index contributed by atoms with van der Waals surface area (Å²) in [5.41, 5.74) is 6.60. The maximum atomic E-state index is 12.0. The Kier molecular flexibility index (Phi) is 5.69. The van der Waals surface area contributed by atoms with Gasteiger partial charge in [0.25, 0.3) is 0 Å². The normalized spacial score (nSPS) is 14.2. The lowest BCUT2D eigenvalue weighted by Crippen LogP contribution is -2.29. The fraction of sp³-hybridized carbons (Fsp3) is 0.500. The standard InChI is InChI=1S/C12H20N2O4S2/c1-3-12(13)10-5-4-6-11(9-10)20(17,18)14-7-8-19(2,15)16/h4-6,9,12,14H,3,7-8,13H2,1-2H3. The highest BCUT2D eigenvalue weighted by Gasteiger charge is 2.16. The van der Waals surface area contributed by atoms with Crippen molar-refractivity contribution in [3.63, 3.8) is 0 Å². The van der Waals surface area contributed by atoms with Crippen molar-refractivity contribution in [3.05, 3.63) is 29.8 Å². The second-order valence-corrected chi connectivity index (χ2v) is 8.64. The van der Waals surface area contributed by atoms with E-state index in [1.807, 2.05) is 6.92 Å². The van der Waals surface area contributed by atoms with Crippen LogP contribution in [0.15, 0.2) is 29.2 Å². The van der Waals surface area contributed by atoms with Crippen molar-refractivity contribution in [2.75, 3.05) is 18.6 Å². The molecule has 0 aliphatic rings. The number of nitrogens with two attached hydrogens (primary N) is 1. The average Bonchev–Trinajstić information content (AvgIpc) is 2.36. The molecule has 0 aliphatic heterocycles. The van der Waals surface area contributed by atoms with Crippen molar-refractivity contribution in [1.29, 1.82) is 0 Å². The molecular formula is C12H20N2O4S2. The Bertz CT molecular complexity index is 654. The van der Waals surface area contributed by atoms with Gasteiger partial charge >= 0.3 is 0 Å². The van der Waals surface area contributed by atoms with Crippen molar-refractivity contribution >= 4 is 19.9 Å². The Labute approximate surface area is 120 Å². The number of benzene rings is 1. The first-order chi connectivity index (χ1) is 9.15. The van der Waals surface area contributed by atoms with Gasteiger partial charge in [-0.25, -0.2) is 21.6 Å². The average molecular weight is 320 g/mol. The Morgan fingerprint density at radius 3 is 2.45 bits per heavy atom. The van der Waals surface area contributed by atoms with E-state index in [9.17, 15) is 16.8 Å². The molecule has 0 heterocycles. The number of hydrogen-bond donors (Lipinski definition) is 2. The Morgan fingerprint density at radius 2 is 1.90 bits per heavy atom. The summed E-state index contributed by atoms with van der Waals surface area (Å²) in [6.45, 7) is 1.77. The zero-order valence-corrected chi connectivity index (χ0v) is 13.2. The highest BCUT2D eigenvalue weighted by molar-refractivity contribution is 7.91. The van der Waals surface area contributed by atoms with Crippen molar-refractivity contribution in [1.82, 2.24) is 4.72 Å². The van der Waals surface area contributed by atoms with Crippen LogP contribution in [0.1, 0.15) is 24.9 Å². The topological polar surface area (TPSA) is 106 Å². The van der Waals surface area contributed by atoms with E-state index in [0.717, 1.165) is 11.8 Å². The predicted molar refractivity (Wildman–Crippen MR) is 78.6 cm³/mol. The summed E-state index contributed by atoms with van der Waals surface area (Å²) < 4.78 is 48.3. The second kappa shape index (κ2) is 6.66. The first-order valence-electron chi connectivity index (χ1n) is 6.18. The van der Waals surface area contributed by atoms with E-state index in [0.29, 0.717) is 6.42 Å². The minimum absolute atomic E-state index is 0.0902. The van der Waals surface area contributed by atoms with Crippen LogP contribution in [0.4, 0.5) is 0 Å². The second-order valence-electron chi connectivity index (χ2n) is 4.61. The Balaban J connectivity index is 2.87. The smallest absolute Gasteiger partial charge is 0.240 e. The predicted octanol–water partition coefficient (Wildman–Crippen LogP) is 0.419. The molecule has 1 rings (SSSR count). The molecule has 20 heavy (non-hydrogen) atoms. The molecule has 0 saturated heterocycles. The third kappa shape index (κ3) is 5.20. The first-order valence-corrected chi connectivity index (χ1v) is 9.73. The van der Waals surface area contributed by atoms with Gasteiger partial charge in [-0.1, -0.05) is 19.1 Å². The van der Waals surface area contributed by atoms with E-state index >= 15 is 0 Å². The van der Waals surface area contributed by atoms with Crippen molar-refractivity contribution in [3.8, 4) is 0 Å². The lowest BCUT2D eigenvalue weighted by molar-refractivity contribution is 0.581. The number of nitrogens with one attached hydrogen (secondary N) is 1. The maximum absolute atomic E-state index is 12.0. The molecule has 6 nitrogen and oxygen atoms in total. The largest absolute Gasteiger partial charge is 0.324 e. The first kappa shape index (κ1) is 17.1. The molecule has 0 saturated carbocycles. The Hall–Kier alpha value is -0.960. The van der Waals surface area contributed by atoms with Gasteiger partial charge in [-0.05, 0) is 24.1 Å². The summed E-state index contributed by atoms with van der Waals surface area (Å²) in [5, 5.41) is 0. The summed E-state index contributed by atoms with van der Waals surface area (Å²) in [4.78, 5) is 0.0902. The fourth-order valence-corrected chi connectivity index (χ4v) is 3.28. The molecular weight excluding hydrogens is 300 g/mol. The van der Waals surface area contributed by atoms with Crippen LogP contribution in [0.25, 0.3) is 0 Å². The molecule has 0 radical (unpaired) electrons. The van der Waals surface area contributed by atoms with Gasteiger partial charge in [0.2, 0.25) is 10.0 Å². The minimum atomic E-state index is -3.72. The van der Waals surface area contributed by atoms with Crippen LogP contribution in [0.5, 0.6) is 0 Å². The molecule has 1 atom stereocenters. The van der Waals surface area contributed by atoms with E-state index in [1.165, 1.54) is 12.1 Å². The van der Waals surface area contributed by atoms with Crippen molar-refractivity contribution in [2.24, 2.45) is 5.73 Å². The fourth-order valence-electron chi connectivity index (χ4n) is 1.59. The van der Waals surface area contributed by atoms with Gasteiger partial charge in [0.15, 0.2) is 0 Å². The van der Waals surface area contributed by atoms with Crippen LogP contribution in [0, 0.1) is 0 Å². The zero-order valence-electron chi connectivity index (χ0n) is 11.5. The molecule has 1 aromatic carbocycles. The van der Waals surface area contributed by atoms with Crippen LogP contribution < -0.4 is 10.5 Å². The molecule has 1 unspecified atom stereocenters. The minimum Gasteiger partial charge on any atom is -0.324 e. The molecule has 0 fully saturated rings. The van der Waals surface area contributed by atoms with Gasteiger partial charge in [-0.2, -0.15) is 0 Å². The lowest BCUT2D eigenvalue weighted by atomic mass is 10.1. The molecule has 0 amide bonds. The molecule has 3 N–H and O–H groups in total. The molecule has 0 bridgehead atoms. The van der Waals surface area contributed by atoms with Gasteiger partial charge in [-0.15, -0.1) is 0 Å². The SMILES string of the molecule is CCC(N)c1cccc(S(=O)(=O)NCCS(C)(=O)=O)c1. The molecule has 114 valence electrons. The van der Waals surface area contributed by atoms with Crippen molar-refractivity contribution < 1.29 is 16.8 Å². The van der Waals surface area contributed by atoms with E-state index in [1.54, 1.807) is 12.1 Å². The van der Waals surface area contributed by atoms with Crippen LogP contribution >= 0.6 is 0 Å². The Morgan fingerprint density at radius 1 is 1.25 bits per heavy atom. The quantitative estimate of drug-likeness (QED) is 0.757. The van der Waals surface area contributed by atoms with Crippen LogP contribution in [-0.4, -0.2) is 35.4 Å². The molecule has 1 aromatic rings. The third-order valence-electron chi connectivity index (χ3n) is 2.80. The van der Waals surface area contributed by atoms with E-state index in [-0.39, 0.29) is 23.2 Å². The number of sulfone groups is 1. The maximum Gasteiger partial charge on any atom is 0.240 e. The van der Waals surface area contributed by atoms with E-state index in [4.69, 9.17) is 5.73 Å². The molecule has 0 spiro atoms. The summed E-state index contributed by atoms with van der Waals surface area (Å²) >= 11 is 0. The summed E-state index contributed by atoms with van der Waals surface area (Å²) in [7, 11) is -6.92. The molecule has 8 heteroatoms. The van der Waals surface area contributed by atoms with Gasteiger partial charge in [0, 0.05) is 18.8 Å². The number of sulfonamides is 1. The highest BCUT2D eigenvalue weighted by atomic mass is 32.2. The van der Waals surface area contributed by atoms with Gasteiger partial charge in [0.1, 0.15) is 9.84 Å². The third-order valence-corrected chi connectivity index (χ3v) is 5.21. The summed E-state index contributed by atoms with van der Waals surface area (Å²) in [6, 6.07) is 6.13. The summed E-state index contributed by atoms with van der Waals surface area (Å²) in [6.07, 6.45) is 1.76. The van der Waals surface area contributed by atoms with E-state index in [2.05, 4.69) is 4.72 Å². The number of rotatable bonds is 7. The van der Waals surface area contributed by atoms with Gasteiger partial charge in [-0.3, -0.25) is 0 Å². The van der Waals surface area contributed by atoms with Crippen LogP contribution in [-0.2, 0) is 19.9 Å². The highest BCUT2D eigenvalue weighted by Crippen LogP contribution is 2.18.